The van der Waals surface area contributed by atoms with Crippen molar-refractivity contribution in [2.24, 2.45) is 5.92 Å². The number of oxazole rings is 1. The van der Waals surface area contributed by atoms with Crippen molar-refractivity contribution < 1.29 is 27.1 Å². The number of hydrogen-bond acceptors (Lipinski definition) is 6. The summed E-state index contributed by atoms with van der Waals surface area (Å²) in [7, 11) is 0. The first-order chi connectivity index (χ1) is 15.3. The van der Waals surface area contributed by atoms with E-state index in [1.807, 2.05) is 0 Å². The number of benzene rings is 1. The van der Waals surface area contributed by atoms with Crippen molar-refractivity contribution in [3.05, 3.63) is 58.7 Å². The molecule has 0 spiro atoms. The summed E-state index contributed by atoms with van der Waals surface area (Å²) < 4.78 is 52.0. The molecule has 1 saturated heterocycles. The number of aromatic nitrogens is 2. The van der Waals surface area contributed by atoms with Gasteiger partial charge in [-0.2, -0.15) is 13.2 Å². The van der Waals surface area contributed by atoms with Crippen LogP contribution in [0.2, 0.25) is 0 Å². The Morgan fingerprint density at radius 3 is 2.84 bits per heavy atom. The number of esters is 1. The lowest BCUT2D eigenvalue weighted by Crippen LogP contribution is -2.40. The first-order valence-electron chi connectivity index (χ1n) is 10.4. The number of ether oxygens (including phenoxy) is 1. The number of nitrogens with zero attached hydrogens (tertiary/aromatic N) is 3. The van der Waals surface area contributed by atoms with E-state index in [1.54, 1.807) is 24.3 Å². The van der Waals surface area contributed by atoms with Crippen LogP contribution in [0.4, 0.5) is 19.0 Å². The smallest absolute Gasteiger partial charge is 0.419 e. The van der Waals surface area contributed by atoms with Gasteiger partial charge in [-0.05, 0) is 43.5 Å². The number of halogens is 3. The van der Waals surface area contributed by atoms with Gasteiger partial charge in [-0.25, -0.2) is 9.78 Å². The highest BCUT2D eigenvalue weighted by Gasteiger charge is 2.37. The Balaban J connectivity index is 1.33. The van der Waals surface area contributed by atoms with E-state index in [1.165, 1.54) is 21.7 Å². The molecule has 4 rings (SSSR count). The van der Waals surface area contributed by atoms with Gasteiger partial charge in [0, 0.05) is 25.8 Å². The van der Waals surface area contributed by atoms with Gasteiger partial charge < -0.3 is 14.1 Å². The second-order valence-corrected chi connectivity index (χ2v) is 7.67. The van der Waals surface area contributed by atoms with E-state index in [0.29, 0.717) is 43.5 Å². The summed E-state index contributed by atoms with van der Waals surface area (Å²) in [4.78, 5) is 29.9. The highest BCUT2D eigenvalue weighted by atomic mass is 19.4. The fourth-order valence-corrected chi connectivity index (χ4v) is 3.97. The van der Waals surface area contributed by atoms with Crippen LogP contribution in [0.3, 0.4) is 0 Å². The standard InChI is InChI=1S/C22H22F3N3O4/c23-22(24,25)16-7-3-10-26-19(16)27-11-4-6-15(14-27)20(29)31-13-5-12-28-17-8-1-2-9-18(17)32-21(28)30/h1-3,7-10,15H,4-6,11-14H2. The molecular formula is C22H22F3N3O4. The van der Waals surface area contributed by atoms with Gasteiger partial charge in [0.05, 0.1) is 23.6 Å². The first-order valence-corrected chi connectivity index (χ1v) is 10.4. The van der Waals surface area contributed by atoms with Crippen LogP contribution in [0.1, 0.15) is 24.8 Å². The molecule has 2 aromatic heterocycles. The molecule has 7 nitrogen and oxygen atoms in total. The Labute approximate surface area is 181 Å². The molecule has 0 N–H and O–H groups in total. The van der Waals surface area contributed by atoms with E-state index in [4.69, 9.17) is 9.15 Å². The van der Waals surface area contributed by atoms with E-state index < -0.39 is 29.4 Å². The number of pyridine rings is 1. The molecule has 1 unspecified atom stereocenters. The number of rotatable bonds is 6. The lowest BCUT2D eigenvalue weighted by Gasteiger charge is -2.33. The highest BCUT2D eigenvalue weighted by Crippen LogP contribution is 2.36. The predicted molar refractivity (Wildman–Crippen MR) is 110 cm³/mol. The zero-order chi connectivity index (χ0) is 22.7. The van der Waals surface area contributed by atoms with Gasteiger partial charge in [-0.3, -0.25) is 9.36 Å². The Kier molecular flexibility index (Phi) is 6.20. The molecule has 1 aromatic carbocycles. The Hall–Kier alpha value is -3.30. The fourth-order valence-electron chi connectivity index (χ4n) is 3.97. The Bertz CT molecular complexity index is 1160. The van der Waals surface area contributed by atoms with E-state index in [9.17, 15) is 22.8 Å². The number of piperidine rings is 1. The number of fused-ring (bicyclic) bond motifs is 1. The number of anilines is 1. The molecule has 0 radical (unpaired) electrons. The van der Waals surface area contributed by atoms with Crippen LogP contribution < -0.4 is 10.7 Å². The van der Waals surface area contributed by atoms with E-state index in [0.717, 1.165) is 6.07 Å². The molecule has 1 fully saturated rings. The van der Waals surface area contributed by atoms with Crippen LogP contribution in [0.25, 0.3) is 11.1 Å². The number of aryl methyl sites for hydroxylation is 1. The lowest BCUT2D eigenvalue weighted by molar-refractivity contribution is -0.149. The monoisotopic (exact) mass is 449 g/mol. The van der Waals surface area contributed by atoms with E-state index in [-0.39, 0.29) is 19.0 Å². The van der Waals surface area contributed by atoms with Gasteiger partial charge in [-0.1, -0.05) is 12.1 Å². The molecule has 0 bridgehead atoms. The summed E-state index contributed by atoms with van der Waals surface area (Å²) in [5.74, 6) is -1.63. The third kappa shape index (κ3) is 4.63. The molecular weight excluding hydrogens is 427 g/mol. The normalized spacial score (nSPS) is 17.0. The molecule has 3 heterocycles. The predicted octanol–water partition coefficient (Wildman–Crippen LogP) is 3.86. The molecule has 0 aliphatic carbocycles. The Morgan fingerprint density at radius 1 is 1.22 bits per heavy atom. The molecule has 0 amide bonds. The van der Waals surface area contributed by atoms with Crippen LogP contribution >= 0.6 is 0 Å². The fraction of sp³-hybridized carbons (Fsp3) is 0.409. The van der Waals surface area contributed by atoms with Crippen LogP contribution in [-0.4, -0.2) is 35.2 Å². The van der Waals surface area contributed by atoms with Gasteiger partial charge >= 0.3 is 17.9 Å². The van der Waals surface area contributed by atoms with Crippen molar-refractivity contribution in [2.45, 2.75) is 32.0 Å². The quantitative estimate of drug-likeness (QED) is 0.420. The van der Waals surface area contributed by atoms with Gasteiger partial charge in [0.15, 0.2) is 5.58 Å². The summed E-state index contributed by atoms with van der Waals surface area (Å²) >= 11 is 0. The second kappa shape index (κ2) is 9.05. The maximum atomic E-state index is 13.3. The van der Waals surface area contributed by atoms with Crippen LogP contribution in [0.5, 0.6) is 0 Å². The van der Waals surface area contributed by atoms with Crippen LogP contribution in [0.15, 0.2) is 51.8 Å². The summed E-state index contributed by atoms with van der Waals surface area (Å²) in [6.07, 6.45) is -1.70. The number of alkyl halides is 3. The minimum atomic E-state index is -4.52. The van der Waals surface area contributed by atoms with Crippen LogP contribution in [-0.2, 0) is 22.3 Å². The number of carbonyl (C=O) groups excluding carboxylic acids is 1. The van der Waals surface area contributed by atoms with Gasteiger partial charge in [0.1, 0.15) is 5.82 Å². The minimum Gasteiger partial charge on any atom is -0.465 e. The molecule has 1 atom stereocenters. The number of hydrogen-bond donors (Lipinski definition) is 0. The average molecular weight is 449 g/mol. The molecule has 170 valence electrons. The third-order valence-electron chi connectivity index (χ3n) is 5.49. The zero-order valence-electron chi connectivity index (χ0n) is 17.2. The summed E-state index contributed by atoms with van der Waals surface area (Å²) in [5, 5.41) is 0. The molecule has 10 heteroatoms. The third-order valence-corrected chi connectivity index (χ3v) is 5.49. The molecule has 3 aromatic rings. The lowest BCUT2D eigenvalue weighted by atomic mass is 9.97. The van der Waals surface area contributed by atoms with Gasteiger partial charge in [0.2, 0.25) is 0 Å². The van der Waals surface area contributed by atoms with Gasteiger partial charge in [-0.15, -0.1) is 0 Å². The summed E-state index contributed by atoms with van der Waals surface area (Å²) in [6, 6.07) is 9.29. The number of carbonyl (C=O) groups is 1. The minimum absolute atomic E-state index is 0.0959. The van der Waals surface area contributed by atoms with Crippen molar-refractivity contribution in [1.29, 1.82) is 0 Å². The average Bonchev–Trinajstić information content (AvgIpc) is 3.11. The van der Waals surface area contributed by atoms with Crippen molar-refractivity contribution in [3.63, 3.8) is 0 Å². The van der Waals surface area contributed by atoms with Crippen molar-refractivity contribution in [1.82, 2.24) is 9.55 Å². The SMILES string of the molecule is O=C(OCCCn1c(=O)oc2ccccc21)C1CCCN(c2ncccc2C(F)(F)F)C1. The number of para-hydroxylation sites is 2. The Morgan fingerprint density at radius 2 is 2.03 bits per heavy atom. The van der Waals surface area contributed by atoms with Crippen LogP contribution in [0, 0.1) is 5.92 Å². The molecule has 0 saturated carbocycles. The first kappa shape index (κ1) is 21.9. The second-order valence-electron chi connectivity index (χ2n) is 7.67. The largest absolute Gasteiger partial charge is 0.465 e. The van der Waals surface area contributed by atoms with Gasteiger partial charge in [0.25, 0.3) is 0 Å². The maximum Gasteiger partial charge on any atom is 0.419 e. The maximum absolute atomic E-state index is 13.3. The van der Waals surface area contributed by atoms with E-state index >= 15 is 0 Å². The zero-order valence-corrected chi connectivity index (χ0v) is 17.2. The molecule has 32 heavy (non-hydrogen) atoms. The summed E-state index contributed by atoms with van der Waals surface area (Å²) in [5.41, 5.74) is 0.346. The summed E-state index contributed by atoms with van der Waals surface area (Å²) in [6.45, 7) is 0.923. The highest BCUT2D eigenvalue weighted by molar-refractivity contribution is 5.74. The van der Waals surface area contributed by atoms with E-state index in [2.05, 4.69) is 4.98 Å². The van der Waals surface area contributed by atoms with Crippen molar-refractivity contribution in [2.75, 3.05) is 24.6 Å². The molecule has 1 aliphatic heterocycles. The molecule has 1 aliphatic rings. The van der Waals surface area contributed by atoms with Crippen molar-refractivity contribution in [3.8, 4) is 0 Å². The van der Waals surface area contributed by atoms with Crippen molar-refractivity contribution >= 4 is 22.9 Å². The topological polar surface area (TPSA) is 77.6 Å².